The van der Waals surface area contributed by atoms with Crippen LogP contribution in [0.3, 0.4) is 0 Å². The molecule has 4 heteroatoms. The van der Waals surface area contributed by atoms with Crippen LogP contribution in [0.5, 0.6) is 11.5 Å². The molecule has 0 N–H and O–H groups in total. The second-order valence-corrected chi connectivity index (χ2v) is 4.46. The molecule has 0 aromatic heterocycles. The molecule has 2 rings (SSSR count). The zero-order valence-corrected chi connectivity index (χ0v) is 11.3. The Bertz CT molecular complexity index is 570. The van der Waals surface area contributed by atoms with Gasteiger partial charge in [0, 0.05) is 11.4 Å². The van der Waals surface area contributed by atoms with E-state index in [0.29, 0.717) is 5.75 Å². The number of ether oxygens (including phenoxy) is 1. The molecule has 0 aliphatic carbocycles. The van der Waals surface area contributed by atoms with Gasteiger partial charge in [-0.1, -0.05) is 22.0 Å². The van der Waals surface area contributed by atoms with Gasteiger partial charge < -0.3 is 4.74 Å². The lowest BCUT2D eigenvalue weighted by Crippen LogP contribution is -1.91. The maximum Gasteiger partial charge on any atom is 0.168 e. The van der Waals surface area contributed by atoms with Crippen molar-refractivity contribution in [2.45, 2.75) is 12.3 Å². The van der Waals surface area contributed by atoms with Crippen molar-refractivity contribution >= 4 is 15.9 Å². The van der Waals surface area contributed by atoms with Crippen molar-refractivity contribution in [2.75, 3.05) is 0 Å². The standard InChI is InChI=1S/C14H11BrF2O/c1-9-6-12(4-2-10(9)8-15)18-14-5-3-11(16)7-13(14)17/h2-7H,8H2,1H3. The van der Waals surface area contributed by atoms with Gasteiger partial charge in [-0.05, 0) is 42.3 Å². The molecule has 0 heterocycles. The predicted octanol–water partition coefficient (Wildman–Crippen LogP) is 4.96. The van der Waals surface area contributed by atoms with Crippen LogP contribution in [0.25, 0.3) is 0 Å². The first-order valence-electron chi connectivity index (χ1n) is 5.38. The van der Waals surface area contributed by atoms with E-state index in [0.717, 1.165) is 28.6 Å². The number of hydrogen-bond acceptors (Lipinski definition) is 1. The third kappa shape index (κ3) is 2.88. The molecule has 94 valence electrons. The minimum absolute atomic E-state index is 0.0161. The number of aryl methyl sites for hydroxylation is 1. The average molecular weight is 313 g/mol. The minimum Gasteiger partial charge on any atom is -0.454 e. The smallest absolute Gasteiger partial charge is 0.168 e. The maximum absolute atomic E-state index is 13.4. The van der Waals surface area contributed by atoms with Crippen LogP contribution in [0.2, 0.25) is 0 Å². The van der Waals surface area contributed by atoms with E-state index < -0.39 is 11.6 Å². The third-order valence-corrected chi connectivity index (χ3v) is 3.18. The molecule has 0 amide bonds. The van der Waals surface area contributed by atoms with Crippen molar-refractivity contribution in [2.24, 2.45) is 0 Å². The topological polar surface area (TPSA) is 9.23 Å². The molecule has 0 bridgehead atoms. The Morgan fingerprint density at radius 2 is 1.89 bits per heavy atom. The van der Waals surface area contributed by atoms with Crippen molar-refractivity contribution in [1.82, 2.24) is 0 Å². The second kappa shape index (κ2) is 5.48. The fourth-order valence-corrected chi connectivity index (χ4v) is 2.20. The number of halogens is 3. The molecular formula is C14H11BrF2O. The Hall–Kier alpha value is -1.42. The van der Waals surface area contributed by atoms with Crippen LogP contribution in [-0.4, -0.2) is 0 Å². The van der Waals surface area contributed by atoms with Crippen molar-refractivity contribution in [3.05, 3.63) is 59.2 Å². The molecule has 1 nitrogen and oxygen atoms in total. The zero-order valence-electron chi connectivity index (χ0n) is 9.71. The van der Waals surface area contributed by atoms with Gasteiger partial charge >= 0.3 is 0 Å². The van der Waals surface area contributed by atoms with Gasteiger partial charge in [0.25, 0.3) is 0 Å². The maximum atomic E-state index is 13.4. The Balaban J connectivity index is 2.26. The molecular weight excluding hydrogens is 302 g/mol. The van der Waals surface area contributed by atoms with Crippen LogP contribution in [0, 0.1) is 18.6 Å². The van der Waals surface area contributed by atoms with Gasteiger partial charge in [0.2, 0.25) is 0 Å². The van der Waals surface area contributed by atoms with E-state index in [1.165, 1.54) is 6.07 Å². The Kier molecular flexibility index (Phi) is 3.97. The minimum atomic E-state index is -0.711. The highest BCUT2D eigenvalue weighted by Crippen LogP contribution is 2.27. The number of rotatable bonds is 3. The van der Waals surface area contributed by atoms with Gasteiger partial charge in [-0.25, -0.2) is 8.78 Å². The largest absolute Gasteiger partial charge is 0.454 e. The first kappa shape index (κ1) is 13.0. The van der Waals surface area contributed by atoms with E-state index in [4.69, 9.17) is 4.74 Å². The summed E-state index contributed by atoms with van der Waals surface area (Å²) in [6.07, 6.45) is 0. The molecule has 0 atom stereocenters. The van der Waals surface area contributed by atoms with E-state index in [9.17, 15) is 8.78 Å². The normalized spacial score (nSPS) is 10.4. The first-order chi connectivity index (χ1) is 8.60. The summed E-state index contributed by atoms with van der Waals surface area (Å²) in [5, 5.41) is 0.754. The lowest BCUT2D eigenvalue weighted by atomic mass is 10.1. The summed E-state index contributed by atoms with van der Waals surface area (Å²) in [6.45, 7) is 1.95. The van der Waals surface area contributed by atoms with Crippen LogP contribution in [0.4, 0.5) is 8.78 Å². The van der Waals surface area contributed by atoms with Gasteiger partial charge in [0.15, 0.2) is 11.6 Å². The van der Waals surface area contributed by atoms with Gasteiger partial charge in [0.05, 0.1) is 0 Å². The molecule has 0 radical (unpaired) electrons. The highest BCUT2D eigenvalue weighted by atomic mass is 79.9. The molecule has 0 saturated heterocycles. The van der Waals surface area contributed by atoms with E-state index in [-0.39, 0.29) is 5.75 Å². The van der Waals surface area contributed by atoms with Crippen molar-refractivity contribution in [3.8, 4) is 11.5 Å². The van der Waals surface area contributed by atoms with E-state index in [1.54, 1.807) is 6.07 Å². The zero-order chi connectivity index (χ0) is 13.1. The molecule has 18 heavy (non-hydrogen) atoms. The fourth-order valence-electron chi connectivity index (χ4n) is 1.57. The molecule has 0 saturated carbocycles. The van der Waals surface area contributed by atoms with Crippen LogP contribution in [0.1, 0.15) is 11.1 Å². The summed E-state index contributed by atoms with van der Waals surface area (Å²) in [4.78, 5) is 0. The Labute approximate surface area is 113 Å². The summed E-state index contributed by atoms with van der Waals surface area (Å²) in [5.74, 6) is -0.784. The predicted molar refractivity (Wildman–Crippen MR) is 70.2 cm³/mol. The average Bonchev–Trinajstić information content (AvgIpc) is 2.33. The van der Waals surface area contributed by atoms with Gasteiger partial charge in [-0.2, -0.15) is 0 Å². The third-order valence-electron chi connectivity index (χ3n) is 2.58. The van der Waals surface area contributed by atoms with Crippen molar-refractivity contribution in [3.63, 3.8) is 0 Å². The summed E-state index contributed by atoms with van der Waals surface area (Å²) >= 11 is 3.38. The molecule has 2 aromatic rings. The van der Waals surface area contributed by atoms with Crippen LogP contribution in [0.15, 0.2) is 36.4 Å². The van der Waals surface area contributed by atoms with Gasteiger partial charge in [0.1, 0.15) is 11.6 Å². The van der Waals surface area contributed by atoms with Crippen LogP contribution < -0.4 is 4.74 Å². The summed E-state index contributed by atoms with van der Waals surface area (Å²) in [7, 11) is 0. The second-order valence-electron chi connectivity index (χ2n) is 3.90. The SMILES string of the molecule is Cc1cc(Oc2ccc(F)cc2F)ccc1CBr. The molecule has 0 spiro atoms. The highest BCUT2D eigenvalue weighted by Gasteiger charge is 2.07. The monoisotopic (exact) mass is 312 g/mol. The van der Waals surface area contributed by atoms with Gasteiger partial charge in [-0.3, -0.25) is 0 Å². The van der Waals surface area contributed by atoms with Crippen molar-refractivity contribution in [1.29, 1.82) is 0 Å². The van der Waals surface area contributed by atoms with Crippen molar-refractivity contribution < 1.29 is 13.5 Å². The number of hydrogen-bond donors (Lipinski definition) is 0. The summed E-state index contributed by atoms with van der Waals surface area (Å²) in [5.41, 5.74) is 2.19. The molecule has 0 aliphatic rings. The quantitative estimate of drug-likeness (QED) is 0.728. The first-order valence-corrected chi connectivity index (χ1v) is 6.50. The van der Waals surface area contributed by atoms with E-state index >= 15 is 0 Å². The van der Waals surface area contributed by atoms with E-state index in [1.807, 2.05) is 19.1 Å². The molecule has 0 fully saturated rings. The lowest BCUT2D eigenvalue weighted by molar-refractivity contribution is 0.437. The molecule has 2 aromatic carbocycles. The van der Waals surface area contributed by atoms with Crippen LogP contribution in [-0.2, 0) is 5.33 Å². The Morgan fingerprint density at radius 1 is 1.11 bits per heavy atom. The number of benzene rings is 2. The van der Waals surface area contributed by atoms with Gasteiger partial charge in [-0.15, -0.1) is 0 Å². The lowest BCUT2D eigenvalue weighted by Gasteiger charge is -2.09. The van der Waals surface area contributed by atoms with E-state index in [2.05, 4.69) is 15.9 Å². The number of alkyl halides is 1. The summed E-state index contributed by atoms with van der Waals surface area (Å²) in [6, 6.07) is 8.72. The summed E-state index contributed by atoms with van der Waals surface area (Å²) < 4.78 is 31.5. The highest BCUT2D eigenvalue weighted by molar-refractivity contribution is 9.08. The Morgan fingerprint density at radius 3 is 2.50 bits per heavy atom. The molecule has 0 unspecified atom stereocenters. The molecule has 0 aliphatic heterocycles. The van der Waals surface area contributed by atoms with Crippen LogP contribution >= 0.6 is 15.9 Å². The fraction of sp³-hybridized carbons (Fsp3) is 0.143.